The number of carbonyl (C=O) groups excluding carboxylic acids is 1. The number of nitrogens with zero attached hydrogens (tertiary/aromatic N) is 2. The second kappa shape index (κ2) is 9.06. The lowest BCUT2D eigenvalue weighted by atomic mass is 10.2. The van der Waals surface area contributed by atoms with Crippen molar-refractivity contribution in [2.24, 2.45) is 0 Å². The van der Waals surface area contributed by atoms with E-state index in [1.54, 1.807) is 45.0 Å². The number of ether oxygens (including phenoxy) is 1. The predicted molar refractivity (Wildman–Crippen MR) is 110 cm³/mol. The molecule has 1 heterocycles. The summed E-state index contributed by atoms with van der Waals surface area (Å²) in [5.41, 5.74) is 0.767. The maximum atomic E-state index is 12.7. The van der Waals surface area contributed by atoms with Crippen molar-refractivity contribution in [1.29, 1.82) is 0 Å². The molecule has 0 saturated carbocycles. The van der Waals surface area contributed by atoms with E-state index < -0.39 is 15.9 Å². The van der Waals surface area contributed by atoms with Crippen molar-refractivity contribution >= 4 is 21.6 Å². The van der Waals surface area contributed by atoms with E-state index in [-0.39, 0.29) is 17.5 Å². The first-order valence-corrected chi connectivity index (χ1v) is 10.7. The van der Waals surface area contributed by atoms with Gasteiger partial charge in [-0.25, -0.2) is 13.1 Å². The fraction of sp³-hybridized carbons (Fsp3) is 0.250. The standard InChI is InChI=1S/C20H22N4O5S/c1-13(2)24-30(26,27)16-10-8-15(9-11-16)22-20(25)17-6-4-5-7-18(17)28-12-19-21-14(3)29-23-19/h4-11,13,24H,12H2,1-3H3,(H,22,25). The van der Waals surface area contributed by atoms with Crippen molar-refractivity contribution in [3.63, 3.8) is 0 Å². The first-order valence-electron chi connectivity index (χ1n) is 9.19. The monoisotopic (exact) mass is 430 g/mol. The Kier molecular flexibility index (Phi) is 6.48. The summed E-state index contributed by atoms with van der Waals surface area (Å²) in [6.45, 7) is 5.21. The molecule has 10 heteroatoms. The van der Waals surface area contributed by atoms with E-state index in [1.807, 2.05) is 0 Å². The number of hydrogen-bond donors (Lipinski definition) is 2. The molecule has 3 aromatic rings. The molecular weight excluding hydrogens is 408 g/mol. The summed E-state index contributed by atoms with van der Waals surface area (Å²) in [7, 11) is -3.60. The largest absolute Gasteiger partial charge is 0.485 e. The molecule has 0 fully saturated rings. The van der Waals surface area contributed by atoms with Crippen molar-refractivity contribution in [1.82, 2.24) is 14.9 Å². The number of aryl methyl sites for hydroxylation is 1. The van der Waals surface area contributed by atoms with E-state index in [4.69, 9.17) is 9.26 Å². The number of aromatic nitrogens is 2. The molecule has 3 rings (SSSR count). The number of amides is 1. The zero-order chi connectivity index (χ0) is 21.7. The molecule has 0 saturated heterocycles. The number of benzene rings is 2. The molecule has 1 amide bonds. The van der Waals surface area contributed by atoms with Crippen LogP contribution in [0.5, 0.6) is 5.75 Å². The Morgan fingerprint density at radius 3 is 2.47 bits per heavy atom. The molecule has 2 aromatic carbocycles. The zero-order valence-corrected chi connectivity index (χ0v) is 17.6. The van der Waals surface area contributed by atoms with Crippen LogP contribution >= 0.6 is 0 Å². The van der Waals surface area contributed by atoms with Gasteiger partial charge in [-0.2, -0.15) is 4.98 Å². The van der Waals surface area contributed by atoms with E-state index in [0.29, 0.717) is 28.7 Å². The van der Waals surface area contributed by atoms with Gasteiger partial charge in [0.15, 0.2) is 6.61 Å². The van der Waals surface area contributed by atoms with Gasteiger partial charge < -0.3 is 14.6 Å². The van der Waals surface area contributed by atoms with Gasteiger partial charge in [-0.15, -0.1) is 0 Å². The molecule has 2 N–H and O–H groups in total. The Morgan fingerprint density at radius 1 is 1.13 bits per heavy atom. The van der Waals surface area contributed by atoms with E-state index in [0.717, 1.165) is 0 Å². The van der Waals surface area contributed by atoms with Crippen LogP contribution in [0.3, 0.4) is 0 Å². The molecule has 0 atom stereocenters. The number of rotatable bonds is 8. The lowest BCUT2D eigenvalue weighted by molar-refractivity contribution is 0.102. The fourth-order valence-electron chi connectivity index (χ4n) is 2.62. The van der Waals surface area contributed by atoms with Gasteiger partial charge in [0.1, 0.15) is 5.75 Å². The van der Waals surface area contributed by atoms with Crippen LogP contribution in [0, 0.1) is 6.92 Å². The van der Waals surface area contributed by atoms with E-state index in [2.05, 4.69) is 20.2 Å². The van der Waals surface area contributed by atoms with Crippen LogP contribution in [0.1, 0.15) is 35.9 Å². The normalized spacial score (nSPS) is 11.5. The smallest absolute Gasteiger partial charge is 0.259 e. The van der Waals surface area contributed by atoms with Crippen LogP contribution in [0.25, 0.3) is 0 Å². The second-order valence-electron chi connectivity index (χ2n) is 6.77. The summed E-state index contributed by atoms with van der Waals surface area (Å²) < 4.78 is 37.5. The van der Waals surface area contributed by atoms with Gasteiger partial charge in [0.05, 0.1) is 10.5 Å². The van der Waals surface area contributed by atoms with E-state index >= 15 is 0 Å². The van der Waals surface area contributed by atoms with Gasteiger partial charge in [-0.1, -0.05) is 17.3 Å². The average Bonchev–Trinajstić information content (AvgIpc) is 3.11. The summed E-state index contributed by atoms with van der Waals surface area (Å²) in [6, 6.07) is 12.4. The minimum atomic E-state index is -3.60. The molecule has 0 radical (unpaired) electrons. The Morgan fingerprint density at radius 2 is 1.83 bits per heavy atom. The van der Waals surface area contributed by atoms with Crippen molar-refractivity contribution in [2.75, 3.05) is 5.32 Å². The van der Waals surface area contributed by atoms with Crippen molar-refractivity contribution in [3.05, 3.63) is 65.8 Å². The van der Waals surface area contributed by atoms with Gasteiger partial charge >= 0.3 is 0 Å². The van der Waals surface area contributed by atoms with Gasteiger partial charge in [-0.05, 0) is 50.2 Å². The summed E-state index contributed by atoms with van der Waals surface area (Å²) in [6.07, 6.45) is 0. The molecule has 0 aliphatic carbocycles. The average molecular weight is 430 g/mol. The van der Waals surface area contributed by atoms with Crippen molar-refractivity contribution < 1.29 is 22.5 Å². The number of para-hydroxylation sites is 1. The molecule has 0 spiro atoms. The minimum absolute atomic E-state index is 0.0526. The zero-order valence-electron chi connectivity index (χ0n) is 16.7. The Hall–Kier alpha value is -3.24. The topological polar surface area (TPSA) is 123 Å². The quantitative estimate of drug-likeness (QED) is 0.563. The van der Waals surface area contributed by atoms with Crippen LogP contribution in [-0.4, -0.2) is 30.5 Å². The summed E-state index contributed by atoms with van der Waals surface area (Å²) in [5.74, 6) is 0.756. The third-order valence-corrected chi connectivity index (χ3v) is 5.55. The Labute approximate surface area is 174 Å². The van der Waals surface area contributed by atoms with Gasteiger partial charge in [-0.3, -0.25) is 4.79 Å². The molecule has 30 heavy (non-hydrogen) atoms. The number of anilines is 1. The van der Waals surface area contributed by atoms with Crippen LogP contribution in [0.2, 0.25) is 0 Å². The molecule has 158 valence electrons. The Bertz CT molecular complexity index is 1120. The molecule has 0 aliphatic heterocycles. The third kappa shape index (κ3) is 5.43. The molecular formula is C20H22N4O5S. The second-order valence-corrected chi connectivity index (χ2v) is 8.48. The first-order chi connectivity index (χ1) is 14.2. The number of carbonyl (C=O) groups is 1. The van der Waals surface area contributed by atoms with Crippen molar-refractivity contribution in [2.45, 2.75) is 38.3 Å². The maximum Gasteiger partial charge on any atom is 0.259 e. The van der Waals surface area contributed by atoms with Crippen LogP contribution in [0.15, 0.2) is 57.9 Å². The van der Waals surface area contributed by atoms with Crippen LogP contribution in [-0.2, 0) is 16.6 Å². The Balaban J connectivity index is 1.70. The highest BCUT2D eigenvalue weighted by Crippen LogP contribution is 2.21. The number of nitrogens with one attached hydrogen (secondary N) is 2. The predicted octanol–water partition coefficient (Wildman–Crippen LogP) is 2.90. The lowest BCUT2D eigenvalue weighted by Gasteiger charge is -2.12. The summed E-state index contributed by atoms with van der Waals surface area (Å²) in [5, 5.41) is 6.49. The highest BCUT2D eigenvalue weighted by molar-refractivity contribution is 7.89. The highest BCUT2D eigenvalue weighted by atomic mass is 32.2. The highest BCUT2D eigenvalue weighted by Gasteiger charge is 2.17. The summed E-state index contributed by atoms with van der Waals surface area (Å²) in [4.78, 5) is 16.9. The van der Waals surface area contributed by atoms with Gasteiger partial charge in [0, 0.05) is 18.7 Å². The summed E-state index contributed by atoms with van der Waals surface area (Å²) >= 11 is 0. The maximum absolute atomic E-state index is 12.7. The molecule has 0 aliphatic rings. The lowest BCUT2D eigenvalue weighted by Crippen LogP contribution is -2.30. The van der Waals surface area contributed by atoms with E-state index in [1.165, 1.54) is 24.3 Å². The minimum Gasteiger partial charge on any atom is -0.485 e. The van der Waals surface area contributed by atoms with Gasteiger partial charge in [0.25, 0.3) is 5.91 Å². The number of sulfonamides is 1. The number of hydrogen-bond acceptors (Lipinski definition) is 7. The molecule has 0 bridgehead atoms. The van der Waals surface area contributed by atoms with Crippen LogP contribution in [0.4, 0.5) is 5.69 Å². The molecule has 9 nitrogen and oxygen atoms in total. The van der Waals surface area contributed by atoms with E-state index in [9.17, 15) is 13.2 Å². The SMILES string of the molecule is Cc1nc(COc2ccccc2C(=O)Nc2ccc(S(=O)(=O)NC(C)C)cc2)no1. The molecule has 0 unspecified atom stereocenters. The molecule has 1 aromatic heterocycles. The third-order valence-electron chi connectivity index (χ3n) is 3.87. The van der Waals surface area contributed by atoms with Crippen molar-refractivity contribution in [3.8, 4) is 5.75 Å². The fourth-order valence-corrected chi connectivity index (χ4v) is 3.87. The van der Waals surface area contributed by atoms with Crippen LogP contribution < -0.4 is 14.8 Å². The first kappa shape index (κ1) is 21.5. The van der Waals surface area contributed by atoms with Gasteiger partial charge in [0.2, 0.25) is 21.7 Å².